The molecule has 0 radical (unpaired) electrons. The smallest absolute Gasteiger partial charge is 0.227 e. The lowest BCUT2D eigenvalue weighted by atomic mass is 9.74. The number of hydrogen-bond donors (Lipinski definition) is 1. The second kappa shape index (κ2) is 5.00. The first-order chi connectivity index (χ1) is 8.47. The highest BCUT2D eigenvalue weighted by molar-refractivity contribution is 6.08. The van der Waals surface area contributed by atoms with E-state index in [9.17, 15) is 19.2 Å². The van der Waals surface area contributed by atoms with E-state index in [0.29, 0.717) is 18.8 Å². The van der Waals surface area contributed by atoms with Crippen molar-refractivity contribution in [1.29, 1.82) is 0 Å². The molecule has 2 fully saturated rings. The summed E-state index contributed by atoms with van der Waals surface area (Å²) in [5.41, 5.74) is 0. The van der Waals surface area contributed by atoms with E-state index in [4.69, 9.17) is 0 Å². The van der Waals surface area contributed by atoms with Crippen LogP contribution in [0.4, 0.5) is 0 Å². The molecule has 0 bridgehead atoms. The van der Waals surface area contributed by atoms with Crippen LogP contribution in [0.1, 0.15) is 39.0 Å². The van der Waals surface area contributed by atoms with Gasteiger partial charge in [0.1, 0.15) is 11.6 Å². The van der Waals surface area contributed by atoms with Gasteiger partial charge in [-0.05, 0) is 18.8 Å². The third-order valence-electron chi connectivity index (χ3n) is 3.80. The third-order valence-corrected chi connectivity index (χ3v) is 3.80. The zero-order chi connectivity index (χ0) is 13.3. The maximum atomic E-state index is 12.2. The number of piperidine rings is 1. The Bertz CT molecular complexity index is 399. The molecule has 2 amide bonds. The molecule has 1 aliphatic carbocycles. The Morgan fingerprint density at radius 3 is 2.39 bits per heavy atom. The van der Waals surface area contributed by atoms with E-state index in [1.165, 1.54) is 0 Å². The average molecular weight is 251 g/mol. The Morgan fingerprint density at radius 1 is 1.17 bits per heavy atom. The summed E-state index contributed by atoms with van der Waals surface area (Å²) in [6.45, 7) is 2.02. The number of imide groups is 1. The zero-order valence-electron chi connectivity index (χ0n) is 10.4. The van der Waals surface area contributed by atoms with E-state index >= 15 is 0 Å². The predicted molar refractivity (Wildman–Crippen MR) is 62.4 cm³/mol. The Hall–Kier alpha value is -1.52. The third kappa shape index (κ3) is 2.66. The zero-order valence-corrected chi connectivity index (χ0v) is 10.4. The molecular formula is C13H17NO4. The minimum atomic E-state index is -0.606. The molecule has 1 heterocycles. The van der Waals surface area contributed by atoms with Gasteiger partial charge in [0.15, 0.2) is 0 Å². The number of hydrogen-bond acceptors (Lipinski definition) is 4. The molecule has 0 unspecified atom stereocenters. The quantitative estimate of drug-likeness (QED) is 0.576. The Kier molecular flexibility index (Phi) is 3.59. The van der Waals surface area contributed by atoms with Crippen molar-refractivity contribution in [2.45, 2.75) is 39.0 Å². The van der Waals surface area contributed by atoms with Gasteiger partial charge in [-0.25, -0.2) is 0 Å². The van der Waals surface area contributed by atoms with Gasteiger partial charge >= 0.3 is 0 Å². The van der Waals surface area contributed by atoms with Crippen LogP contribution in [-0.2, 0) is 19.2 Å². The minimum Gasteiger partial charge on any atom is -0.299 e. The van der Waals surface area contributed by atoms with Gasteiger partial charge in [0.05, 0.1) is 5.92 Å². The highest BCUT2D eigenvalue weighted by Crippen LogP contribution is 2.30. The van der Waals surface area contributed by atoms with Crippen LogP contribution in [0.3, 0.4) is 0 Å². The van der Waals surface area contributed by atoms with Crippen LogP contribution in [0.5, 0.6) is 0 Å². The number of Topliss-reactive ketones (excluding diaryl/α,β-unsaturated/α-hetero) is 2. The van der Waals surface area contributed by atoms with Crippen LogP contribution in [-0.4, -0.2) is 23.4 Å². The summed E-state index contributed by atoms with van der Waals surface area (Å²) in [5, 5.41) is 2.17. The van der Waals surface area contributed by atoms with Crippen LogP contribution < -0.4 is 5.32 Å². The van der Waals surface area contributed by atoms with Crippen LogP contribution in [0.25, 0.3) is 0 Å². The van der Waals surface area contributed by atoms with Crippen molar-refractivity contribution < 1.29 is 19.2 Å². The molecule has 1 N–H and O–H groups in total. The van der Waals surface area contributed by atoms with Gasteiger partial charge in [-0.2, -0.15) is 0 Å². The number of amides is 2. The fourth-order valence-electron chi connectivity index (χ4n) is 2.75. The summed E-state index contributed by atoms with van der Waals surface area (Å²) in [7, 11) is 0. The van der Waals surface area contributed by atoms with E-state index in [2.05, 4.69) is 5.32 Å². The number of nitrogens with one attached hydrogen (secondary N) is 1. The molecule has 5 nitrogen and oxygen atoms in total. The number of rotatable bonds is 2. The fraction of sp³-hybridized carbons (Fsp3) is 0.692. The number of carbonyl (C=O) groups excluding carboxylic acids is 4. The number of ketones is 2. The topological polar surface area (TPSA) is 80.3 Å². The van der Waals surface area contributed by atoms with Crippen molar-refractivity contribution in [2.75, 3.05) is 0 Å². The molecule has 2 aliphatic rings. The Labute approximate surface area is 105 Å². The van der Waals surface area contributed by atoms with Crippen molar-refractivity contribution in [3.8, 4) is 0 Å². The molecule has 5 heteroatoms. The summed E-state index contributed by atoms with van der Waals surface area (Å²) < 4.78 is 0. The molecule has 0 aromatic rings. The lowest BCUT2D eigenvalue weighted by Gasteiger charge is -2.28. The van der Waals surface area contributed by atoms with Crippen molar-refractivity contribution in [3.63, 3.8) is 0 Å². The highest BCUT2D eigenvalue weighted by atomic mass is 16.2. The summed E-state index contributed by atoms with van der Waals surface area (Å²) in [6, 6.07) is 0. The first-order valence-electron chi connectivity index (χ1n) is 6.36. The molecule has 0 aromatic carbocycles. The van der Waals surface area contributed by atoms with Gasteiger partial charge in [0.25, 0.3) is 0 Å². The highest BCUT2D eigenvalue weighted by Gasteiger charge is 2.39. The van der Waals surface area contributed by atoms with Crippen molar-refractivity contribution >= 4 is 23.4 Å². The summed E-state index contributed by atoms with van der Waals surface area (Å²) in [5.74, 6) is -1.93. The van der Waals surface area contributed by atoms with Gasteiger partial charge in [-0.3, -0.25) is 24.5 Å². The van der Waals surface area contributed by atoms with E-state index in [1.807, 2.05) is 6.92 Å². The van der Waals surface area contributed by atoms with Gasteiger partial charge < -0.3 is 0 Å². The maximum Gasteiger partial charge on any atom is 0.227 e. The van der Waals surface area contributed by atoms with Crippen LogP contribution in [0, 0.1) is 17.8 Å². The monoisotopic (exact) mass is 251 g/mol. The SMILES string of the molecule is C[C@@H]1CCC(=O)[C@@H](C(=O)C2CC(=O)NC(=O)C2)C1. The maximum absolute atomic E-state index is 12.2. The van der Waals surface area contributed by atoms with Crippen molar-refractivity contribution in [1.82, 2.24) is 5.32 Å². The molecule has 98 valence electrons. The second-order valence-electron chi connectivity index (χ2n) is 5.38. The normalized spacial score (nSPS) is 30.2. The predicted octanol–water partition coefficient (Wildman–Crippen LogP) is 0.614. The van der Waals surface area contributed by atoms with Gasteiger partial charge in [0.2, 0.25) is 11.8 Å². The lowest BCUT2D eigenvalue weighted by Crippen LogP contribution is -2.44. The Balaban J connectivity index is 2.07. The fourth-order valence-corrected chi connectivity index (χ4v) is 2.75. The molecule has 2 rings (SSSR count). The summed E-state index contributed by atoms with van der Waals surface area (Å²) in [6.07, 6.45) is 1.88. The lowest BCUT2D eigenvalue weighted by molar-refractivity contribution is -0.145. The van der Waals surface area contributed by atoms with E-state index in [0.717, 1.165) is 6.42 Å². The van der Waals surface area contributed by atoms with Gasteiger partial charge in [-0.1, -0.05) is 6.92 Å². The number of carbonyl (C=O) groups is 4. The van der Waals surface area contributed by atoms with Crippen LogP contribution in [0.2, 0.25) is 0 Å². The first-order valence-corrected chi connectivity index (χ1v) is 6.36. The largest absolute Gasteiger partial charge is 0.299 e. The molecule has 1 saturated heterocycles. The van der Waals surface area contributed by atoms with Gasteiger partial charge in [0, 0.05) is 25.2 Å². The van der Waals surface area contributed by atoms with Gasteiger partial charge in [-0.15, -0.1) is 0 Å². The molecule has 2 atom stereocenters. The summed E-state index contributed by atoms with van der Waals surface area (Å²) >= 11 is 0. The second-order valence-corrected chi connectivity index (χ2v) is 5.38. The Morgan fingerprint density at radius 2 is 1.78 bits per heavy atom. The van der Waals surface area contributed by atoms with Crippen LogP contribution in [0.15, 0.2) is 0 Å². The first kappa shape index (κ1) is 12.9. The molecule has 1 saturated carbocycles. The van der Waals surface area contributed by atoms with Crippen molar-refractivity contribution in [2.24, 2.45) is 17.8 Å². The van der Waals surface area contributed by atoms with Crippen molar-refractivity contribution in [3.05, 3.63) is 0 Å². The van der Waals surface area contributed by atoms with E-state index in [1.54, 1.807) is 0 Å². The molecule has 18 heavy (non-hydrogen) atoms. The summed E-state index contributed by atoms with van der Waals surface area (Å²) in [4.78, 5) is 46.5. The molecule has 0 aromatic heterocycles. The average Bonchev–Trinajstić information content (AvgIpc) is 2.30. The minimum absolute atomic E-state index is 0.0305. The molecule has 0 spiro atoms. The van der Waals surface area contributed by atoms with E-state index in [-0.39, 0.29) is 24.4 Å². The standard InChI is InChI=1S/C13H17NO4/c1-7-2-3-10(15)9(4-7)13(18)8-5-11(16)14-12(17)6-8/h7-9H,2-6H2,1H3,(H,14,16,17)/t7-,9+/m1/s1. The van der Waals surface area contributed by atoms with E-state index < -0.39 is 23.7 Å². The molecule has 1 aliphatic heterocycles. The van der Waals surface area contributed by atoms with Crippen LogP contribution >= 0.6 is 0 Å². The molecular weight excluding hydrogens is 234 g/mol.